The Morgan fingerprint density at radius 2 is 2.06 bits per heavy atom. The molecule has 0 radical (unpaired) electrons. The fraction of sp³-hybridized carbons (Fsp3) is 0.600. The Bertz CT molecular complexity index is 379. The van der Waals surface area contributed by atoms with Crippen molar-refractivity contribution >= 4 is 12.4 Å². The highest BCUT2D eigenvalue weighted by Gasteiger charge is 2.23. The van der Waals surface area contributed by atoms with Crippen LogP contribution in [0.1, 0.15) is 29.5 Å². The summed E-state index contributed by atoms with van der Waals surface area (Å²) in [6.07, 6.45) is 2.68. The van der Waals surface area contributed by atoms with E-state index in [0.717, 1.165) is 19.1 Å². The van der Waals surface area contributed by atoms with E-state index in [2.05, 4.69) is 42.3 Å². The third-order valence-electron chi connectivity index (χ3n) is 3.90. The average Bonchev–Trinajstić information content (AvgIpc) is 2.72. The predicted octanol–water partition coefficient (Wildman–Crippen LogP) is 2.91. The molecule has 1 aromatic rings. The largest absolute Gasteiger partial charge is 0.318 e. The van der Waals surface area contributed by atoms with Gasteiger partial charge in [-0.3, -0.25) is 4.90 Å². The van der Waals surface area contributed by atoms with Crippen molar-refractivity contribution in [1.29, 1.82) is 0 Å². The first-order valence-corrected chi connectivity index (χ1v) is 6.65. The first-order chi connectivity index (χ1) is 8.20. The van der Waals surface area contributed by atoms with Gasteiger partial charge in [0.1, 0.15) is 0 Å². The zero-order chi connectivity index (χ0) is 12.3. The lowest BCUT2D eigenvalue weighted by Gasteiger charge is -2.24. The monoisotopic (exact) mass is 268 g/mol. The molecule has 0 spiro atoms. The van der Waals surface area contributed by atoms with E-state index in [0.29, 0.717) is 0 Å². The van der Waals surface area contributed by atoms with Gasteiger partial charge in [0.05, 0.1) is 0 Å². The quantitative estimate of drug-likeness (QED) is 0.903. The summed E-state index contributed by atoms with van der Waals surface area (Å²) >= 11 is 0. The molecule has 1 fully saturated rings. The van der Waals surface area contributed by atoms with Crippen molar-refractivity contribution in [3.05, 3.63) is 34.9 Å². The minimum Gasteiger partial charge on any atom is -0.318 e. The molecule has 1 heterocycles. The van der Waals surface area contributed by atoms with E-state index in [-0.39, 0.29) is 12.4 Å². The van der Waals surface area contributed by atoms with Crippen molar-refractivity contribution < 1.29 is 0 Å². The Morgan fingerprint density at radius 3 is 2.72 bits per heavy atom. The van der Waals surface area contributed by atoms with Crippen LogP contribution in [-0.4, -0.2) is 31.1 Å². The average molecular weight is 269 g/mol. The Labute approximate surface area is 117 Å². The highest BCUT2D eigenvalue weighted by molar-refractivity contribution is 5.85. The second-order valence-corrected chi connectivity index (χ2v) is 5.24. The number of rotatable bonds is 4. The molecule has 1 unspecified atom stereocenters. The molecular formula is C15H25ClN2. The highest BCUT2D eigenvalue weighted by atomic mass is 35.5. The zero-order valence-corrected chi connectivity index (χ0v) is 12.5. The van der Waals surface area contributed by atoms with E-state index in [1.54, 1.807) is 0 Å². The Balaban J connectivity index is 0.00000162. The molecule has 1 aromatic carbocycles. The molecule has 0 aliphatic carbocycles. The molecule has 1 N–H and O–H groups in total. The summed E-state index contributed by atoms with van der Waals surface area (Å²) in [6, 6.07) is 7.58. The summed E-state index contributed by atoms with van der Waals surface area (Å²) in [5, 5.41) is 3.30. The Hall–Kier alpha value is -0.570. The summed E-state index contributed by atoms with van der Waals surface area (Å²) in [5.74, 6) is 0. The van der Waals surface area contributed by atoms with Gasteiger partial charge in [-0.1, -0.05) is 18.2 Å². The molecule has 1 aliphatic rings. The molecule has 2 rings (SSSR count). The number of likely N-dealkylation sites (N-methyl/N-ethyl adjacent to an activating group) is 1. The van der Waals surface area contributed by atoms with Crippen LogP contribution in [0.15, 0.2) is 18.2 Å². The number of nitrogens with one attached hydrogen (secondary N) is 1. The second kappa shape index (κ2) is 7.13. The molecule has 0 aromatic heterocycles. The van der Waals surface area contributed by atoms with Gasteiger partial charge in [0.15, 0.2) is 0 Å². The first kappa shape index (κ1) is 15.5. The Kier molecular flexibility index (Phi) is 6.13. The summed E-state index contributed by atoms with van der Waals surface area (Å²) < 4.78 is 0. The topological polar surface area (TPSA) is 15.3 Å². The number of halogens is 1. The van der Waals surface area contributed by atoms with Crippen molar-refractivity contribution in [1.82, 2.24) is 10.2 Å². The van der Waals surface area contributed by atoms with E-state index >= 15 is 0 Å². The highest BCUT2D eigenvalue weighted by Crippen LogP contribution is 2.20. The van der Waals surface area contributed by atoms with Crippen molar-refractivity contribution in [2.24, 2.45) is 0 Å². The second-order valence-electron chi connectivity index (χ2n) is 5.24. The lowest BCUT2D eigenvalue weighted by molar-refractivity contribution is 0.242. The summed E-state index contributed by atoms with van der Waals surface area (Å²) in [6.45, 7) is 7.85. The van der Waals surface area contributed by atoms with Gasteiger partial charge in [-0.05, 0) is 57.0 Å². The van der Waals surface area contributed by atoms with Crippen LogP contribution in [0.2, 0.25) is 0 Å². The molecule has 102 valence electrons. The zero-order valence-electron chi connectivity index (χ0n) is 11.7. The third kappa shape index (κ3) is 3.71. The third-order valence-corrected chi connectivity index (χ3v) is 3.90. The summed E-state index contributed by atoms with van der Waals surface area (Å²) in [5.41, 5.74) is 4.25. The predicted molar refractivity (Wildman–Crippen MR) is 80.5 cm³/mol. The lowest BCUT2D eigenvalue weighted by atomic mass is 10.1. The number of aryl methyl sites for hydroxylation is 2. The maximum absolute atomic E-state index is 3.30. The summed E-state index contributed by atoms with van der Waals surface area (Å²) in [7, 11) is 2.05. The molecule has 18 heavy (non-hydrogen) atoms. The number of hydrogen-bond acceptors (Lipinski definition) is 2. The minimum atomic E-state index is 0. The van der Waals surface area contributed by atoms with E-state index in [1.165, 1.54) is 36.1 Å². The number of hydrogen-bond donors (Lipinski definition) is 1. The van der Waals surface area contributed by atoms with Gasteiger partial charge in [-0.2, -0.15) is 0 Å². The van der Waals surface area contributed by atoms with Gasteiger partial charge in [0, 0.05) is 19.1 Å². The van der Waals surface area contributed by atoms with Gasteiger partial charge in [0.25, 0.3) is 0 Å². The Morgan fingerprint density at radius 1 is 1.28 bits per heavy atom. The van der Waals surface area contributed by atoms with E-state index in [9.17, 15) is 0 Å². The van der Waals surface area contributed by atoms with Crippen LogP contribution < -0.4 is 5.32 Å². The maximum Gasteiger partial charge on any atom is 0.0237 e. The van der Waals surface area contributed by atoms with Crippen LogP contribution in [-0.2, 0) is 6.54 Å². The number of nitrogens with zero attached hydrogens (tertiary/aromatic N) is 1. The molecular weight excluding hydrogens is 244 g/mol. The normalized spacial score (nSPS) is 19.8. The molecule has 3 heteroatoms. The van der Waals surface area contributed by atoms with E-state index < -0.39 is 0 Å². The van der Waals surface area contributed by atoms with Crippen molar-refractivity contribution in [3.63, 3.8) is 0 Å². The first-order valence-electron chi connectivity index (χ1n) is 6.65. The van der Waals surface area contributed by atoms with Crippen LogP contribution in [0.3, 0.4) is 0 Å². The van der Waals surface area contributed by atoms with Crippen molar-refractivity contribution in [2.75, 3.05) is 20.1 Å². The van der Waals surface area contributed by atoms with Crippen LogP contribution in [0, 0.1) is 13.8 Å². The van der Waals surface area contributed by atoms with Crippen molar-refractivity contribution in [2.45, 2.75) is 39.3 Å². The lowest BCUT2D eigenvalue weighted by Crippen LogP contribution is -2.36. The minimum absolute atomic E-state index is 0. The van der Waals surface area contributed by atoms with Crippen LogP contribution in [0.4, 0.5) is 0 Å². The smallest absolute Gasteiger partial charge is 0.0237 e. The van der Waals surface area contributed by atoms with E-state index in [4.69, 9.17) is 0 Å². The molecule has 1 aliphatic heterocycles. The summed E-state index contributed by atoms with van der Waals surface area (Å²) in [4.78, 5) is 2.61. The van der Waals surface area contributed by atoms with Gasteiger partial charge in [-0.25, -0.2) is 0 Å². The number of likely N-dealkylation sites (tertiary alicyclic amines) is 1. The molecule has 2 nitrogen and oxygen atoms in total. The fourth-order valence-corrected chi connectivity index (χ4v) is 2.71. The van der Waals surface area contributed by atoms with Crippen LogP contribution in [0.5, 0.6) is 0 Å². The van der Waals surface area contributed by atoms with Crippen LogP contribution >= 0.6 is 12.4 Å². The molecule has 0 amide bonds. The van der Waals surface area contributed by atoms with Gasteiger partial charge < -0.3 is 5.32 Å². The standard InChI is InChI=1S/C15H24N2.ClH/c1-12-6-7-14(9-13(12)2)11-17-8-4-5-15(17)10-16-3;/h6-7,9,15-16H,4-5,8,10-11H2,1-3H3;1H. The SMILES string of the molecule is CNCC1CCCN1Cc1ccc(C)c(C)c1.Cl. The van der Waals surface area contributed by atoms with Gasteiger partial charge >= 0.3 is 0 Å². The van der Waals surface area contributed by atoms with E-state index in [1.807, 2.05) is 7.05 Å². The van der Waals surface area contributed by atoms with Gasteiger partial charge in [-0.15, -0.1) is 12.4 Å². The van der Waals surface area contributed by atoms with Gasteiger partial charge in [0.2, 0.25) is 0 Å². The molecule has 0 bridgehead atoms. The number of benzene rings is 1. The van der Waals surface area contributed by atoms with Crippen molar-refractivity contribution in [3.8, 4) is 0 Å². The molecule has 1 atom stereocenters. The van der Waals surface area contributed by atoms with Crippen LogP contribution in [0.25, 0.3) is 0 Å². The maximum atomic E-state index is 3.30. The molecule has 1 saturated heterocycles. The fourth-order valence-electron chi connectivity index (χ4n) is 2.71. The molecule has 0 saturated carbocycles.